The van der Waals surface area contributed by atoms with Gasteiger partial charge in [0.05, 0.1) is 0 Å². The second-order valence-corrected chi connectivity index (χ2v) is 4.76. The lowest BCUT2D eigenvalue weighted by Crippen LogP contribution is -1.96. The van der Waals surface area contributed by atoms with Crippen molar-refractivity contribution in [3.63, 3.8) is 0 Å². The van der Waals surface area contributed by atoms with Gasteiger partial charge >= 0.3 is 0 Å². The Kier molecular flexibility index (Phi) is 3.96. The summed E-state index contributed by atoms with van der Waals surface area (Å²) < 4.78 is 18.5. The molecule has 1 aromatic heterocycles. The first-order valence-electron chi connectivity index (χ1n) is 6.75. The van der Waals surface area contributed by atoms with E-state index in [4.69, 9.17) is 10.5 Å². The average Bonchev–Trinajstić information content (AvgIpc) is 2.55. The van der Waals surface area contributed by atoms with E-state index in [1.807, 2.05) is 24.3 Å². The van der Waals surface area contributed by atoms with Gasteiger partial charge in [0.25, 0.3) is 0 Å². The van der Waals surface area contributed by atoms with Crippen LogP contribution in [0.15, 0.2) is 61.1 Å². The summed E-state index contributed by atoms with van der Waals surface area (Å²) >= 11 is 0. The maximum atomic E-state index is 12.8. The van der Waals surface area contributed by atoms with Gasteiger partial charge in [-0.1, -0.05) is 24.3 Å². The molecule has 0 saturated heterocycles. The predicted octanol–water partition coefficient (Wildman–Crippen LogP) is 3.44. The van der Waals surface area contributed by atoms with Crippen LogP contribution in [-0.4, -0.2) is 9.97 Å². The first kappa shape index (κ1) is 14.0. The first-order chi connectivity index (χ1) is 10.7. The number of nitrogens with zero attached hydrogens (tertiary/aromatic N) is 2. The summed E-state index contributed by atoms with van der Waals surface area (Å²) in [7, 11) is 0. The van der Waals surface area contributed by atoms with Crippen molar-refractivity contribution in [3.8, 4) is 16.9 Å². The zero-order chi connectivity index (χ0) is 15.4. The molecule has 0 aliphatic heterocycles. The Hall–Kier alpha value is -2.95. The SMILES string of the molecule is Nc1ncncc1-c1ccc(OCc2ccc(F)cc2)cc1. The molecule has 5 heteroatoms. The molecule has 110 valence electrons. The van der Waals surface area contributed by atoms with Crippen LogP contribution in [0.5, 0.6) is 5.75 Å². The molecule has 0 amide bonds. The summed E-state index contributed by atoms with van der Waals surface area (Å²) in [6.07, 6.45) is 3.09. The van der Waals surface area contributed by atoms with Crippen LogP contribution in [0.4, 0.5) is 10.2 Å². The maximum absolute atomic E-state index is 12.8. The fourth-order valence-electron chi connectivity index (χ4n) is 2.04. The predicted molar refractivity (Wildman–Crippen MR) is 82.6 cm³/mol. The molecule has 0 aliphatic carbocycles. The Morgan fingerprint density at radius 2 is 1.73 bits per heavy atom. The van der Waals surface area contributed by atoms with Gasteiger partial charge in [0.15, 0.2) is 0 Å². The zero-order valence-corrected chi connectivity index (χ0v) is 11.7. The van der Waals surface area contributed by atoms with E-state index < -0.39 is 0 Å². The Morgan fingerprint density at radius 3 is 2.41 bits per heavy atom. The Bertz CT molecular complexity index is 758. The fourth-order valence-corrected chi connectivity index (χ4v) is 2.04. The van der Waals surface area contributed by atoms with Gasteiger partial charge in [0.1, 0.15) is 30.3 Å². The summed E-state index contributed by atoms with van der Waals surface area (Å²) in [6.45, 7) is 0.385. The topological polar surface area (TPSA) is 61.0 Å². The number of aromatic nitrogens is 2. The van der Waals surface area contributed by atoms with Gasteiger partial charge in [0, 0.05) is 11.8 Å². The lowest BCUT2D eigenvalue weighted by atomic mass is 10.1. The van der Waals surface area contributed by atoms with Crippen LogP contribution < -0.4 is 10.5 Å². The van der Waals surface area contributed by atoms with E-state index in [0.29, 0.717) is 12.4 Å². The van der Waals surface area contributed by atoms with Crippen LogP contribution in [0.1, 0.15) is 5.56 Å². The molecule has 22 heavy (non-hydrogen) atoms. The molecule has 0 unspecified atom stereocenters. The van der Waals surface area contributed by atoms with E-state index in [0.717, 1.165) is 22.4 Å². The van der Waals surface area contributed by atoms with Crippen molar-refractivity contribution < 1.29 is 9.13 Å². The average molecular weight is 295 g/mol. The molecule has 0 spiro atoms. The number of halogens is 1. The molecule has 2 N–H and O–H groups in total. The Morgan fingerprint density at radius 1 is 1.00 bits per heavy atom. The molecule has 0 aliphatic rings. The molecular formula is C17H14FN3O. The van der Waals surface area contributed by atoms with Crippen LogP contribution in [0.3, 0.4) is 0 Å². The second-order valence-electron chi connectivity index (χ2n) is 4.76. The van der Waals surface area contributed by atoms with Gasteiger partial charge in [-0.15, -0.1) is 0 Å². The highest BCUT2D eigenvalue weighted by atomic mass is 19.1. The van der Waals surface area contributed by atoms with E-state index in [1.54, 1.807) is 18.3 Å². The number of nitrogen functional groups attached to an aromatic ring is 1. The fraction of sp³-hybridized carbons (Fsp3) is 0.0588. The highest BCUT2D eigenvalue weighted by Crippen LogP contribution is 2.25. The molecule has 0 fully saturated rings. The van der Waals surface area contributed by atoms with E-state index in [1.165, 1.54) is 18.5 Å². The minimum absolute atomic E-state index is 0.254. The molecule has 2 aromatic carbocycles. The van der Waals surface area contributed by atoms with Crippen molar-refractivity contribution >= 4 is 5.82 Å². The highest BCUT2D eigenvalue weighted by Gasteiger charge is 2.04. The summed E-state index contributed by atoms with van der Waals surface area (Å²) in [5, 5.41) is 0. The van der Waals surface area contributed by atoms with E-state index >= 15 is 0 Å². The molecule has 3 rings (SSSR count). The largest absolute Gasteiger partial charge is 0.489 e. The van der Waals surface area contributed by atoms with Crippen molar-refractivity contribution in [2.75, 3.05) is 5.73 Å². The van der Waals surface area contributed by atoms with Crippen molar-refractivity contribution in [1.82, 2.24) is 9.97 Å². The molecule has 0 saturated carbocycles. The molecule has 0 radical (unpaired) electrons. The summed E-state index contributed by atoms with van der Waals surface area (Å²) in [6, 6.07) is 13.7. The van der Waals surface area contributed by atoms with Crippen LogP contribution in [-0.2, 0) is 6.61 Å². The van der Waals surface area contributed by atoms with Gasteiger partial charge in [-0.2, -0.15) is 0 Å². The van der Waals surface area contributed by atoms with Crippen LogP contribution in [0, 0.1) is 5.82 Å². The van der Waals surface area contributed by atoms with Crippen molar-refractivity contribution in [2.24, 2.45) is 0 Å². The number of ether oxygens (including phenoxy) is 1. The number of rotatable bonds is 4. The standard InChI is InChI=1S/C17H14FN3O/c18-14-5-1-12(2-6-14)10-22-15-7-3-13(4-8-15)16-9-20-11-21-17(16)19/h1-9,11H,10H2,(H2,19,20,21). The maximum Gasteiger partial charge on any atom is 0.134 e. The lowest BCUT2D eigenvalue weighted by Gasteiger charge is -2.08. The zero-order valence-electron chi connectivity index (χ0n) is 11.7. The van der Waals surface area contributed by atoms with E-state index in [-0.39, 0.29) is 5.82 Å². The van der Waals surface area contributed by atoms with E-state index in [9.17, 15) is 4.39 Å². The lowest BCUT2D eigenvalue weighted by molar-refractivity contribution is 0.306. The third-order valence-corrected chi connectivity index (χ3v) is 3.23. The second kappa shape index (κ2) is 6.22. The highest BCUT2D eigenvalue weighted by molar-refractivity contribution is 5.72. The van der Waals surface area contributed by atoms with Gasteiger partial charge in [-0.25, -0.2) is 14.4 Å². The minimum atomic E-state index is -0.254. The van der Waals surface area contributed by atoms with Crippen LogP contribution >= 0.6 is 0 Å². The van der Waals surface area contributed by atoms with Crippen LogP contribution in [0.2, 0.25) is 0 Å². The summed E-state index contributed by atoms with van der Waals surface area (Å²) in [4.78, 5) is 7.94. The monoisotopic (exact) mass is 295 g/mol. The number of hydrogen-bond donors (Lipinski definition) is 1. The normalized spacial score (nSPS) is 10.4. The van der Waals surface area contributed by atoms with Gasteiger partial charge in [-0.3, -0.25) is 0 Å². The number of nitrogens with two attached hydrogens (primary N) is 1. The smallest absolute Gasteiger partial charge is 0.134 e. The van der Waals surface area contributed by atoms with Gasteiger partial charge < -0.3 is 10.5 Å². The summed E-state index contributed by atoms with van der Waals surface area (Å²) in [5.74, 6) is 0.911. The van der Waals surface area contributed by atoms with E-state index in [2.05, 4.69) is 9.97 Å². The number of hydrogen-bond acceptors (Lipinski definition) is 4. The molecule has 1 heterocycles. The minimum Gasteiger partial charge on any atom is -0.489 e. The molecule has 0 atom stereocenters. The quantitative estimate of drug-likeness (QED) is 0.801. The Balaban J connectivity index is 1.69. The molecule has 4 nitrogen and oxygen atoms in total. The van der Waals surface area contributed by atoms with Crippen molar-refractivity contribution in [1.29, 1.82) is 0 Å². The number of anilines is 1. The van der Waals surface area contributed by atoms with Crippen molar-refractivity contribution in [2.45, 2.75) is 6.61 Å². The Labute approximate surface area is 127 Å². The first-order valence-corrected chi connectivity index (χ1v) is 6.75. The van der Waals surface area contributed by atoms with Crippen LogP contribution in [0.25, 0.3) is 11.1 Å². The van der Waals surface area contributed by atoms with Gasteiger partial charge in [0.2, 0.25) is 0 Å². The third kappa shape index (κ3) is 3.20. The molecule has 3 aromatic rings. The third-order valence-electron chi connectivity index (χ3n) is 3.23. The molecule has 0 bridgehead atoms. The number of benzene rings is 2. The van der Waals surface area contributed by atoms with Gasteiger partial charge in [-0.05, 0) is 35.4 Å². The summed E-state index contributed by atoms with van der Waals surface area (Å²) in [5.41, 5.74) is 8.44. The molecular weight excluding hydrogens is 281 g/mol. The van der Waals surface area contributed by atoms with Crippen molar-refractivity contribution in [3.05, 3.63) is 72.4 Å².